The van der Waals surface area contributed by atoms with Gasteiger partial charge >= 0.3 is 0 Å². The molecular formula is C15H11Cl2N3O2S2. The molecule has 3 rings (SSSR count). The summed E-state index contributed by atoms with van der Waals surface area (Å²) in [6.45, 7) is 1.87. The molecule has 2 aromatic heterocycles. The summed E-state index contributed by atoms with van der Waals surface area (Å²) in [5.41, 5.74) is 1.27. The minimum atomic E-state index is -0.233. The van der Waals surface area contributed by atoms with E-state index in [1.54, 1.807) is 18.2 Å². The minimum Gasteiger partial charge on any atom is -0.325 e. The van der Waals surface area contributed by atoms with Crippen LogP contribution in [0.5, 0.6) is 0 Å². The first-order valence-electron chi connectivity index (χ1n) is 6.80. The van der Waals surface area contributed by atoms with Crippen molar-refractivity contribution in [3.05, 3.63) is 49.5 Å². The smallest absolute Gasteiger partial charge is 0.260 e. The van der Waals surface area contributed by atoms with Crippen molar-refractivity contribution >= 4 is 68.1 Å². The maximum Gasteiger partial charge on any atom is 0.260 e. The van der Waals surface area contributed by atoms with Crippen LogP contribution < -0.4 is 10.9 Å². The van der Waals surface area contributed by atoms with Gasteiger partial charge in [0.25, 0.3) is 5.56 Å². The number of thioether (sulfide) groups is 1. The zero-order valence-corrected chi connectivity index (χ0v) is 15.5. The highest BCUT2D eigenvalue weighted by Crippen LogP contribution is 2.25. The average Bonchev–Trinajstić information content (AvgIpc) is 2.91. The molecule has 0 fully saturated rings. The van der Waals surface area contributed by atoms with Crippen LogP contribution in [0.3, 0.4) is 0 Å². The quantitative estimate of drug-likeness (QED) is 0.505. The van der Waals surface area contributed by atoms with Gasteiger partial charge in [0.1, 0.15) is 4.83 Å². The fraction of sp³-hybridized carbons (Fsp3) is 0.133. The number of thiophene rings is 1. The minimum absolute atomic E-state index is 0.110. The number of anilines is 1. The zero-order chi connectivity index (χ0) is 17.3. The predicted octanol–water partition coefficient (Wildman–Crippen LogP) is 4.33. The zero-order valence-electron chi connectivity index (χ0n) is 12.4. The summed E-state index contributed by atoms with van der Waals surface area (Å²) in [5, 5.41) is 6.41. The molecule has 0 bridgehead atoms. The lowest BCUT2D eigenvalue weighted by Crippen LogP contribution is -2.15. The summed E-state index contributed by atoms with van der Waals surface area (Å²) < 4.78 is 0. The normalized spacial score (nSPS) is 11.0. The number of carbonyl (C=O) groups is 1. The number of hydrogen-bond acceptors (Lipinski definition) is 5. The van der Waals surface area contributed by atoms with Crippen molar-refractivity contribution in [1.29, 1.82) is 0 Å². The van der Waals surface area contributed by atoms with E-state index in [1.807, 2.05) is 12.3 Å². The topological polar surface area (TPSA) is 74.8 Å². The Morgan fingerprint density at radius 3 is 2.92 bits per heavy atom. The number of H-pyrrole nitrogens is 1. The van der Waals surface area contributed by atoms with Crippen LogP contribution in [-0.2, 0) is 4.79 Å². The molecule has 0 saturated carbocycles. The first kappa shape index (κ1) is 17.3. The van der Waals surface area contributed by atoms with Gasteiger partial charge in [-0.15, -0.1) is 11.3 Å². The van der Waals surface area contributed by atoms with Crippen LogP contribution in [-0.4, -0.2) is 21.6 Å². The summed E-state index contributed by atoms with van der Waals surface area (Å²) >= 11 is 14.3. The third-order valence-corrected chi connectivity index (χ3v) is 5.75. The van der Waals surface area contributed by atoms with Crippen LogP contribution in [0.25, 0.3) is 10.2 Å². The van der Waals surface area contributed by atoms with E-state index in [1.165, 1.54) is 11.3 Å². The Hall–Kier alpha value is -1.54. The van der Waals surface area contributed by atoms with Gasteiger partial charge in [-0.1, -0.05) is 35.0 Å². The van der Waals surface area contributed by atoms with Gasteiger partial charge in [0, 0.05) is 5.69 Å². The Balaban J connectivity index is 1.68. The summed E-state index contributed by atoms with van der Waals surface area (Å²) in [4.78, 5) is 31.8. The number of aromatic nitrogens is 2. The molecule has 0 aliphatic carbocycles. The van der Waals surface area contributed by atoms with Gasteiger partial charge in [-0.3, -0.25) is 9.59 Å². The first-order chi connectivity index (χ1) is 11.4. The first-order valence-corrected chi connectivity index (χ1v) is 9.42. The molecule has 9 heteroatoms. The largest absolute Gasteiger partial charge is 0.325 e. The monoisotopic (exact) mass is 399 g/mol. The number of rotatable bonds is 4. The Morgan fingerprint density at radius 2 is 2.17 bits per heavy atom. The number of nitrogens with one attached hydrogen (secondary N) is 2. The molecule has 0 atom stereocenters. The maximum atomic E-state index is 12.1. The molecule has 124 valence electrons. The standard InChI is InChI=1S/C15H11Cl2N3O2S2/c1-7-5-23-14-12(7)13(22)19-15(20-14)24-6-11(21)18-8-2-3-9(16)10(17)4-8/h2-5H,6H2,1H3,(H,18,21)(H,19,20,22). The number of aromatic amines is 1. The van der Waals surface area contributed by atoms with Gasteiger partial charge in [-0.2, -0.15) is 0 Å². The molecule has 0 aliphatic rings. The van der Waals surface area contributed by atoms with Crippen molar-refractivity contribution in [1.82, 2.24) is 9.97 Å². The lowest BCUT2D eigenvalue weighted by Gasteiger charge is -2.06. The van der Waals surface area contributed by atoms with Gasteiger partial charge < -0.3 is 10.3 Å². The second-order valence-electron chi connectivity index (χ2n) is 4.94. The van der Waals surface area contributed by atoms with E-state index in [0.717, 1.165) is 17.3 Å². The summed E-state index contributed by atoms with van der Waals surface area (Å²) in [5.74, 6) is -0.123. The number of fused-ring (bicyclic) bond motifs is 1. The molecule has 0 spiro atoms. The number of hydrogen-bond donors (Lipinski definition) is 2. The Kier molecular flexibility index (Phi) is 5.15. The average molecular weight is 400 g/mol. The molecule has 0 saturated heterocycles. The lowest BCUT2D eigenvalue weighted by atomic mass is 10.3. The van der Waals surface area contributed by atoms with E-state index in [2.05, 4.69) is 15.3 Å². The summed E-state index contributed by atoms with van der Waals surface area (Å²) in [6.07, 6.45) is 0. The molecular weight excluding hydrogens is 389 g/mol. The Bertz CT molecular complexity index is 984. The SMILES string of the molecule is Cc1csc2nc(SCC(=O)Nc3ccc(Cl)c(Cl)c3)[nH]c(=O)c12. The summed E-state index contributed by atoms with van der Waals surface area (Å²) in [6, 6.07) is 4.85. The third kappa shape index (κ3) is 3.75. The number of halogens is 2. The number of carbonyl (C=O) groups excluding carboxylic acids is 1. The molecule has 5 nitrogen and oxygen atoms in total. The van der Waals surface area contributed by atoms with Crippen LogP contribution in [0, 0.1) is 6.92 Å². The highest BCUT2D eigenvalue weighted by molar-refractivity contribution is 7.99. The predicted molar refractivity (Wildman–Crippen MR) is 101 cm³/mol. The van der Waals surface area contributed by atoms with Crippen molar-refractivity contribution in [2.24, 2.45) is 0 Å². The van der Waals surface area contributed by atoms with Crippen molar-refractivity contribution in [2.45, 2.75) is 12.1 Å². The highest BCUT2D eigenvalue weighted by atomic mass is 35.5. The fourth-order valence-electron chi connectivity index (χ4n) is 2.04. The molecule has 2 heterocycles. The van der Waals surface area contributed by atoms with Gasteiger partial charge in [0.05, 0.1) is 21.2 Å². The highest BCUT2D eigenvalue weighted by Gasteiger charge is 2.11. The molecule has 1 amide bonds. The van der Waals surface area contributed by atoms with Crippen LogP contribution >= 0.6 is 46.3 Å². The molecule has 0 unspecified atom stereocenters. The molecule has 2 N–H and O–H groups in total. The number of amides is 1. The van der Waals surface area contributed by atoms with E-state index in [0.29, 0.717) is 31.1 Å². The Morgan fingerprint density at radius 1 is 1.38 bits per heavy atom. The van der Waals surface area contributed by atoms with Gasteiger partial charge in [-0.05, 0) is 36.1 Å². The lowest BCUT2D eigenvalue weighted by molar-refractivity contribution is -0.113. The van der Waals surface area contributed by atoms with Gasteiger partial charge in [-0.25, -0.2) is 4.98 Å². The number of nitrogens with zero attached hydrogens (tertiary/aromatic N) is 1. The molecule has 1 aromatic carbocycles. The van der Waals surface area contributed by atoms with Crippen LogP contribution in [0.1, 0.15) is 5.56 Å². The van der Waals surface area contributed by atoms with E-state index in [-0.39, 0.29) is 17.2 Å². The molecule has 3 aromatic rings. The van der Waals surface area contributed by atoms with E-state index in [4.69, 9.17) is 23.2 Å². The summed E-state index contributed by atoms with van der Waals surface area (Å²) in [7, 11) is 0. The second kappa shape index (κ2) is 7.14. The fourth-order valence-corrected chi connectivity index (χ4v) is 3.98. The van der Waals surface area contributed by atoms with Crippen molar-refractivity contribution < 1.29 is 4.79 Å². The van der Waals surface area contributed by atoms with Crippen LogP contribution in [0.2, 0.25) is 10.0 Å². The van der Waals surface area contributed by atoms with Crippen LogP contribution in [0.4, 0.5) is 5.69 Å². The third-order valence-electron chi connectivity index (χ3n) is 3.15. The molecule has 0 aliphatic heterocycles. The van der Waals surface area contributed by atoms with Crippen molar-refractivity contribution in [3.63, 3.8) is 0 Å². The number of benzene rings is 1. The Labute approximate surface area is 155 Å². The molecule has 24 heavy (non-hydrogen) atoms. The van der Waals surface area contributed by atoms with E-state index >= 15 is 0 Å². The van der Waals surface area contributed by atoms with E-state index in [9.17, 15) is 9.59 Å². The van der Waals surface area contributed by atoms with E-state index < -0.39 is 0 Å². The van der Waals surface area contributed by atoms with Crippen molar-refractivity contribution in [2.75, 3.05) is 11.1 Å². The maximum absolute atomic E-state index is 12.1. The van der Waals surface area contributed by atoms with Gasteiger partial charge in [0.15, 0.2) is 5.16 Å². The van der Waals surface area contributed by atoms with Gasteiger partial charge in [0.2, 0.25) is 5.91 Å². The number of aryl methyl sites for hydroxylation is 1. The van der Waals surface area contributed by atoms with Crippen LogP contribution in [0.15, 0.2) is 33.5 Å². The second-order valence-corrected chi connectivity index (χ2v) is 7.57. The molecule has 0 radical (unpaired) electrons. The van der Waals surface area contributed by atoms with Crippen molar-refractivity contribution in [3.8, 4) is 0 Å².